The molecule has 1 heterocycles. The van der Waals surface area contributed by atoms with E-state index in [2.05, 4.69) is 25.6 Å². The van der Waals surface area contributed by atoms with E-state index < -0.39 is 10.0 Å². The Morgan fingerprint density at radius 1 is 1.39 bits per heavy atom. The zero-order chi connectivity index (χ0) is 13.6. The second-order valence-corrected chi connectivity index (χ2v) is 6.57. The van der Waals surface area contributed by atoms with Crippen LogP contribution in [0.5, 0.6) is 0 Å². The summed E-state index contributed by atoms with van der Waals surface area (Å²) in [4.78, 5) is 4.07. The highest BCUT2D eigenvalue weighted by molar-refractivity contribution is 9.09. The lowest BCUT2D eigenvalue weighted by Crippen LogP contribution is -2.25. The lowest BCUT2D eigenvalue weighted by atomic mass is 10.3. The first-order valence-corrected chi connectivity index (χ1v) is 8.71. The predicted molar refractivity (Wildman–Crippen MR) is 75.5 cm³/mol. The van der Waals surface area contributed by atoms with Crippen molar-refractivity contribution in [3.63, 3.8) is 0 Å². The molecule has 1 aromatic heterocycles. The predicted octanol–water partition coefficient (Wildman–Crippen LogP) is 2.05. The second kappa shape index (κ2) is 7.25. The number of sulfonamides is 1. The first-order valence-electron chi connectivity index (χ1n) is 6.10. The fraction of sp³-hybridized carbons (Fsp3) is 0.727. The van der Waals surface area contributed by atoms with Crippen LogP contribution in [0.1, 0.15) is 32.0 Å². The molecule has 0 aliphatic carbocycles. The van der Waals surface area contributed by atoms with Gasteiger partial charge in [-0.2, -0.15) is 0 Å². The number of halogens is 1. The standard InChI is InChI=1S/C11H20BrN3O2S/c1-3-15-9-11(14-10(15)2)18(16,17)13-8-6-4-5-7-12/h9,13H,3-8H2,1-2H3. The smallest absolute Gasteiger partial charge is 0.259 e. The van der Waals surface area contributed by atoms with Gasteiger partial charge in [-0.25, -0.2) is 18.1 Å². The van der Waals surface area contributed by atoms with Gasteiger partial charge in [0.25, 0.3) is 10.0 Å². The Kier molecular flexibility index (Phi) is 6.31. The number of hydrogen-bond donors (Lipinski definition) is 1. The van der Waals surface area contributed by atoms with Gasteiger partial charge < -0.3 is 4.57 Å². The summed E-state index contributed by atoms with van der Waals surface area (Å²) >= 11 is 3.34. The third kappa shape index (κ3) is 4.37. The summed E-state index contributed by atoms with van der Waals surface area (Å²) in [5, 5.41) is 1.07. The molecule has 0 spiro atoms. The maximum absolute atomic E-state index is 12.0. The molecule has 0 unspecified atom stereocenters. The SMILES string of the molecule is CCn1cc(S(=O)(=O)NCCCCCBr)nc1C. The maximum atomic E-state index is 12.0. The molecule has 0 amide bonds. The molecule has 0 bridgehead atoms. The van der Waals surface area contributed by atoms with Crippen LogP contribution in [0.3, 0.4) is 0 Å². The van der Waals surface area contributed by atoms with Gasteiger partial charge in [0.2, 0.25) is 0 Å². The normalized spacial score (nSPS) is 11.9. The third-order valence-corrected chi connectivity index (χ3v) is 4.56. The van der Waals surface area contributed by atoms with Gasteiger partial charge in [0.1, 0.15) is 5.82 Å². The van der Waals surface area contributed by atoms with Crippen LogP contribution < -0.4 is 4.72 Å². The van der Waals surface area contributed by atoms with E-state index in [0.717, 1.165) is 37.0 Å². The second-order valence-electron chi connectivity index (χ2n) is 4.06. The molecule has 0 saturated carbocycles. The minimum absolute atomic E-state index is 0.113. The maximum Gasteiger partial charge on any atom is 0.259 e. The van der Waals surface area contributed by atoms with Crippen molar-refractivity contribution < 1.29 is 8.42 Å². The molecule has 0 radical (unpaired) electrons. The van der Waals surface area contributed by atoms with Gasteiger partial charge in [0, 0.05) is 24.6 Å². The number of imidazole rings is 1. The van der Waals surface area contributed by atoms with Crippen molar-refractivity contribution in [3.8, 4) is 0 Å². The van der Waals surface area contributed by atoms with Crippen molar-refractivity contribution in [2.45, 2.75) is 44.7 Å². The number of alkyl halides is 1. The van der Waals surface area contributed by atoms with Crippen molar-refractivity contribution in [2.75, 3.05) is 11.9 Å². The summed E-state index contributed by atoms with van der Waals surface area (Å²) in [6.45, 7) is 4.95. The summed E-state index contributed by atoms with van der Waals surface area (Å²) < 4.78 is 28.3. The van der Waals surface area contributed by atoms with Gasteiger partial charge in [0.15, 0.2) is 5.03 Å². The first kappa shape index (κ1) is 15.7. The van der Waals surface area contributed by atoms with E-state index in [9.17, 15) is 8.42 Å². The number of nitrogens with zero attached hydrogens (tertiary/aromatic N) is 2. The number of nitrogens with one attached hydrogen (secondary N) is 1. The molecular weight excluding hydrogens is 318 g/mol. The summed E-state index contributed by atoms with van der Waals surface area (Å²) in [5.41, 5.74) is 0. The number of unbranched alkanes of at least 4 members (excludes halogenated alkanes) is 2. The van der Waals surface area contributed by atoms with Gasteiger partial charge in [0.05, 0.1) is 0 Å². The zero-order valence-electron chi connectivity index (χ0n) is 10.8. The molecule has 104 valence electrons. The Balaban J connectivity index is 2.57. The Labute approximate surface area is 117 Å². The van der Waals surface area contributed by atoms with Gasteiger partial charge >= 0.3 is 0 Å². The van der Waals surface area contributed by atoms with Gasteiger partial charge in [-0.3, -0.25) is 0 Å². The largest absolute Gasteiger partial charge is 0.334 e. The van der Waals surface area contributed by atoms with Crippen molar-refractivity contribution in [1.82, 2.24) is 14.3 Å². The Hall–Kier alpha value is -0.400. The highest BCUT2D eigenvalue weighted by Gasteiger charge is 2.17. The van der Waals surface area contributed by atoms with E-state index in [1.54, 1.807) is 13.1 Å². The minimum Gasteiger partial charge on any atom is -0.334 e. The molecule has 5 nitrogen and oxygen atoms in total. The zero-order valence-corrected chi connectivity index (χ0v) is 13.2. The molecule has 0 aromatic carbocycles. The van der Waals surface area contributed by atoms with Crippen LogP contribution in [0.4, 0.5) is 0 Å². The monoisotopic (exact) mass is 337 g/mol. The van der Waals surface area contributed by atoms with Crippen molar-refractivity contribution in [1.29, 1.82) is 0 Å². The molecule has 1 aromatic rings. The topological polar surface area (TPSA) is 64.0 Å². The quantitative estimate of drug-likeness (QED) is 0.583. The highest BCUT2D eigenvalue weighted by Crippen LogP contribution is 2.09. The fourth-order valence-electron chi connectivity index (χ4n) is 1.61. The molecule has 0 aliphatic rings. The molecule has 0 atom stereocenters. The number of aromatic nitrogens is 2. The summed E-state index contributed by atoms with van der Waals surface area (Å²) in [6.07, 6.45) is 4.50. The first-order chi connectivity index (χ1) is 8.51. The third-order valence-electron chi connectivity index (χ3n) is 2.67. The average Bonchev–Trinajstić information content (AvgIpc) is 2.71. The van der Waals surface area contributed by atoms with E-state index in [-0.39, 0.29) is 5.03 Å². The summed E-state index contributed by atoms with van der Waals surface area (Å²) in [5.74, 6) is 0.720. The lowest BCUT2D eigenvalue weighted by Gasteiger charge is -2.03. The van der Waals surface area contributed by atoms with Crippen molar-refractivity contribution >= 4 is 26.0 Å². The van der Waals surface area contributed by atoms with Crippen LogP contribution in [-0.2, 0) is 16.6 Å². The molecule has 0 aliphatic heterocycles. The van der Waals surface area contributed by atoms with Gasteiger partial charge in [-0.1, -0.05) is 22.4 Å². The average molecular weight is 338 g/mol. The van der Waals surface area contributed by atoms with Gasteiger partial charge in [-0.15, -0.1) is 0 Å². The molecule has 0 fully saturated rings. The van der Waals surface area contributed by atoms with Crippen LogP contribution in [0, 0.1) is 6.92 Å². The molecule has 1 rings (SSSR count). The number of hydrogen-bond acceptors (Lipinski definition) is 3. The highest BCUT2D eigenvalue weighted by atomic mass is 79.9. The van der Waals surface area contributed by atoms with E-state index >= 15 is 0 Å². The number of rotatable bonds is 8. The van der Waals surface area contributed by atoms with Crippen LogP contribution in [-0.4, -0.2) is 29.8 Å². The van der Waals surface area contributed by atoms with Crippen LogP contribution in [0.2, 0.25) is 0 Å². The number of aryl methyl sites for hydroxylation is 2. The Bertz CT molecular complexity index is 471. The molecular formula is C11H20BrN3O2S. The fourth-order valence-corrected chi connectivity index (χ4v) is 3.08. The minimum atomic E-state index is -3.45. The molecule has 7 heteroatoms. The van der Waals surface area contributed by atoms with Crippen LogP contribution in [0.15, 0.2) is 11.2 Å². The summed E-state index contributed by atoms with van der Waals surface area (Å²) in [6, 6.07) is 0. The van der Waals surface area contributed by atoms with Crippen molar-refractivity contribution in [2.24, 2.45) is 0 Å². The van der Waals surface area contributed by atoms with Crippen LogP contribution >= 0.6 is 15.9 Å². The van der Waals surface area contributed by atoms with E-state index in [1.807, 2.05) is 11.5 Å². The Morgan fingerprint density at radius 2 is 2.11 bits per heavy atom. The summed E-state index contributed by atoms with van der Waals surface area (Å²) in [7, 11) is -3.45. The lowest BCUT2D eigenvalue weighted by molar-refractivity contribution is 0.573. The van der Waals surface area contributed by atoms with Crippen molar-refractivity contribution in [3.05, 3.63) is 12.0 Å². The van der Waals surface area contributed by atoms with E-state index in [0.29, 0.717) is 6.54 Å². The van der Waals surface area contributed by atoms with E-state index in [1.165, 1.54) is 0 Å². The molecule has 1 N–H and O–H groups in total. The van der Waals surface area contributed by atoms with E-state index in [4.69, 9.17) is 0 Å². The molecule has 18 heavy (non-hydrogen) atoms. The Morgan fingerprint density at radius 3 is 2.67 bits per heavy atom. The van der Waals surface area contributed by atoms with Gasteiger partial charge in [-0.05, 0) is 26.7 Å². The van der Waals surface area contributed by atoms with Crippen LogP contribution in [0.25, 0.3) is 0 Å². The molecule has 0 saturated heterocycles.